The average Bonchev–Trinajstić information content (AvgIpc) is 2.43. The first-order chi connectivity index (χ1) is 9.43. The van der Waals surface area contributed by atoms with Crippen molar-refractivity contribution in [2.75, 3.05) is 6.54 Å². The highest BCUT2D eigenvalue weighted by molar-refractivity contribution is 5.05. The van der Waals surface area contributed by atoms with Gasteiger partial charge >= 0.3 is 5.69 Å². The molecular formula is C15H25N3O2. The van der Waals surface area contributed by atoms with Crippen LogP contribution in [0.4, 0.5) is 0 Å². The van der Waals surface area contributed by atoms with Crippen LogP contribution in [0.15, 0.2) is 15.8 Å². The summed E-state index contributed by atoms with van der Waals surface area (Å²) >= 11 is 0. The molecule has 0 atom stereocenters. The van der Waals surface area contributed by atoms with E-state index in [0.717, 1.165) is 6.54 Å². The summed E-state index contributed by atoms with van der Waals surface area (Å²) in [6, 6.07) is 0. The van der Waals surface area contributed by atoms with Gasteiger partial charge in [-0.15, -0.1) is 0 Å². The molecule has 1 aliphatic carbocycles. The molecule has 0 radical (unpaired) electrons. The van der Waals surface area contributed by atoms with Gasteiger partial charge in [0.05, 0.1) is 0 Å². The highest BCUT2D eigenvalue weighted by atomic mass is 16.2. The molecule has 0 aromatic carbocycles. The Hall–Kier alpha value is -1.36. The van der Waals surface area contributed by atoms with E-state index in [2.05, 4.69) is 12.2 Å². The van der Waals surface area contributed by atoms with Crippen molar-refractivity contribution in [1.29, 1.82) is 0 Å². The predicted molar refractivity (Wildman–Crippen MR) is 79.8 cm³/mol. The summed E-state index contributed by atoms with van der Waals surface area (Å²) in [5, 5.41) is 3.40. The molecule has 1 aromatic rings. The minimum absolute atomic E-state index is 0.200. The van der Waals surface area contributed by atoms with Gasteiger partial charge in [0.25, 0.3) is 5.56 Å². The summed E-state index contributed by atoms with van der Waals surface area (Å²) in [6.45, 7) is 3.77. The molecule has 1 N–H and O–H groups in total. The Morgan fingerprint density at radius 2 is 1.85 bits per heavy atom. The van der Waals surface area contributed by atoms with Crippen LogP contribution >= 0.6 is 0 Å². The van der Waals surface area contributed by atoms with Crippen LogP contribution in [0.3, 0.4) is 0 Å². The topological polar surface area (TPSA) is 56.0 Å². The fourth-order valence-electron chi connectivity index (χ4n) is 3.09. The van der Waals surface area contributed by atoms with Crippen molar-refractivity contribution in [2.45, 2.75) is 45.6 Å². The van der Waals surface area contributed by atoms with Crippen molar-refractivity contribution in [2.24, 2.45) is 19.5 Å². The summed E-state index contributed by atoms with van der Waals surface area (Å²) in [5.74, 6) is 0. The normalized spacial score (nSPS) is 18.1. The quantitative estimate of drug-likeness (QED) is 0.899. The van der Waals surface area contributed by atoms with E-state index in [0.29, 0.717) is 17.5 Å². The van der Waals surface area contributed by atoms with Gasteiger partial charge in [-0.05, 0) is 18.3 Å². The molecular weight excluding hydrogens is 254 g/mol. The number of nitrogens with one attached hydrogen (secondary N) is 1. The SMILES string of the molecule is Cn1cc(CNCC2(C)CCCCC2)c(=O)n(C)c1=O. The van der Waals surface area contributed by atoms with Gasteiger partial charge in [-0.2, -0.15) is 0 Å². The molecule has 0 aliphatic heterocycles. The number of hydrogen-bond acceptors (Lipinski definition) is 3. The monoisotopic (exact) mass is 279 g/mol. The van der Waals surface area contributed by atoms with Gasteiger partial charge in [-0.3, -0.25) is 9.36 Å². The van der Waals surface area contributed by atoms with Crippen LogP contribution in [-0.4, -0.2) is 15.7 Å². The summed E-state index contributed by atoms with van der Waals surface area (Å²) in [6.07, 6.45) is 8.11. The summed E-state index contributed by atoms with van der Waals surface area (Å²) < 4.78 is 2.63. The minimum atomic E-state index is -0.280. The minimum Gasteiger partial charge on any atom is -0.312 e. The lowest BCUT2D eigenvalue weighted by atomic mass is 9.76. The second kappa shape index (κ2) is 5.95. The smallest absolute Gasteiger partial charge is 0.312 e. The molecule has 1 aromatic heterocycles. The maximum Gasteiger partial charge on any atom is 0.330 e. The molecule has 1 saturated carbocycles. The third-order valence-corrected chi connectivity index (χ3v) is 4.45. The molecule has 20 heavy (non-hydrogen) atoms. The average molecular weight is 279 g/mol. The fourth-order valence-corrected chi connectivity index (χ4v) is 3.09. The van der Waals surface area contributed by atoms with E-state index < -0.39 is 0 Å². The maximum atomic E-state index is 12.0. The summed E-state index contributed by atoms with van der Waals surface area (Å²) in [5.41, 5.74) is 0.519. The molecule has 0 amide bonds. The Labute approximate surface area is 119 Å². The van der Waals surface area contributed by atoms with Crippen molar-refractivity contribution < 1.29 is 0 Å². The number of hydrogen-bond donors (Lipinski definition) is 1. The molecule has 0 spiro atoms. The van der Waals surface area contributed by atoms with Gasteiger partial charge in [-0.25, -0.2) is 4.79 Å². The zero-order chi connectivity index (χ0) is 14.8. The van der Waals surface area contributed by atoms with Crippen LogP contribution in [0.1, 0.15) is 44.6 Å². The van der Waals surface area contributed by atoms with E-state index in [1.165, 1.54) is 48.3 Å². The van der Waals surface area contributed by atoms with Gasteiger partial charge in [0, 0.05) is 38.9 Å². The van der Waals surface area contributed by atoms with Crippen LogP contribution in [-0.2, 0) is 20.6 Å². The number of aryl methyl sites for hydroxylation is 1. The van der Waals surface area contributed by atoms with E-state index >= 15 is 0 Å². The highest BCUT2D eigenvalue weighted by Crippen LogP contribution is 2.34. The van der Waals surface area contributed by atoms with Crippen molar-refractivity contribution in [3.05, 3.63) is 32.6 Å². The van der Waals surface area contributed by atoms with Gasteiger partial charge in [-0.1, -0.05) is 26.2 Å². The third-order valence-electron chi connectivity index (χ3n) is 4.45. The Bertz CT molecular complexity index is 580. The van der Waals surface area contributed by atoms with Crippen LogP contribution in [0.2, 0.25) is 0 Å². The molecule has 0 unspecified atom stereocenters. The van der Waals surface area contributed by atoms with Gasteiger partial charge < -0.3 is 9.88 Å². The fraction of sp³-hybridized carbons (Fsp3) is 0.733. The Morgan fingerprint density at radius 3 is 2.50 bits per heavy atom. The van der Waals surface area contributed by atoms with Crippen LogP contribution < -0.4 is 16.6 Å². The number of rotatable bonds is 4. The van der Waals surface area contributed by atoms with Crippen molar-refractivity contribution in [3.63, 3.8) is 0 Å². The first kappa shape index (κ1) is 15.0. The van der Waals surface area contributed by atoms with Gasteiger partial charge in [0.1, 0.15) is 0 Å². The first-order valence-electron chi connectivity index (χ1n) is 7.39. The van der Waals surface area contributed by atoms with E-state index in [9.17, 15) is 9.59 Å². The molecule has 5 heteroatoms. The van der Waals surface area contributed by atoms with Crippen LogP contribution in [0.5, 0.6) is 0 Å². The van der Waals surface area contributed by atoms with E-state index in [1.54, 1.807) is 13.2 Å². The summed E-state index contributed by atoms with van der Waals surface area (Å²) in [7, 11) is 3.20. The van der Waals surface area contributed by atoms with Gasteiger partial charge in [0.15, 0.2) is 0 Å². The van der Waals surface area contributed by atoms with Crippen molar-refractivity contribution in [3.8, 4) is 0 Å². The Balaban J connectivity index is 2.01. The summed E-state index contributed by atoms with van der Waals surface area (Å²) in [4.78, 5) is 23.6. The molecule has 1 heterocycles. The Kier molecular flexibility index (Phi) is 4.48. The largest absolute Gasteiger partial charge is 0.330 e. The second-order valence-corrected chi connectivity index (χ2v) is 6.39. The van der Waals surface area contributed by atoms with Crippen LogP contribution in [0.25, 0.3) is 0 Å². The first-order valence-corrected chi connectivity index (χ1v) is 7.39. The van der Waals surface area contributed by atoms with Gasteiger partial charge in [0.2, 0.25) is 0 Å². The van der Waals surface area contributed by atoms with Crippen LogP contribution in [0, 0.1) is 5.41 Å². The van der Waals surface area contributed by atoms with Crippen molar-refractivity contribution >= 4 is 0 Å². The molecule has 1 aliphatic rings. The second-order valence-electron chi connectivity index (χ2n) is 6.39. The maximum absolute atomic E-state index is 12.0. The lowest BCUT2D eigenvalue weighted by Gasteiger charge is -2.33. The zero-order valence-electron chi connectivity index (χ0n) is 12.7. The van der Waals surface area contributed by atoms with E-state index in [1.807, 2.05) is 0 Å². The lowest BCUT2D eigenvalue weighted by molar-refractivity contribution is 0.207. The highest BCUT2D eigenvalue weighted by Gasteiger charge is 2.26. The molecule has 1 fully saturated rings. The lowest BCUT2D eigenvalue weighted by Crippen LogP contribution is -2.40. The standard InChI is InChI=1S/C15H25N3O2/c1-15(7-5-4-6-8-15)11-16-9-12-10-17(2)14(20)18(3)13(12)19/h10,16H,4-9,11H2,1-3H3. The molecule has 5 nitrogen and oxygen atoms in total. The van der Waals surface area contributed by atoms with E-state index in [4.69, 9.17) is 0 Å². The number of aromatic nitrogens is 2. The third kappa shape index (κ3) is 3.20. The molecule has 0 saturated heterocycles. The predicted octanol–water partition coefficient (Wildman–Crippen LogP) is 1.14. The zero-order valence-corrected chi connectivity index (χ0v) is 12.7. The van der Waals surface area contributed by atoms with Crippen molar-refractivity contribution in [1.82, 2.24) is 14.5 Å². The number of nitrogens with zero attached hydrogens (tertiary/aromatic N) is 2. The Morgan fingerprint density at radius 1 is 1.20 bits per heavy atom. The molecule has 112 valence electrons. The molecule has 2 rings (SSSR count). The van der Waals surface area contributed by atoms with E-state index in [-0.39, 0.29) is 11.2 Å². The molecule has 0 bridgehead atoms.